The van der Waals surface area contributed by atoms with E-state index in [1.54, 1.807) is 13.0 Å². The Hall–Kier alpha value is -3.40. The highest BCUT2D eigenvalue weighted by Gasteiger charge is 2.46. The van der Waals surface area contributed by atoms with Crippen LogP contribution in [0.2, 0.25) is 5.02 Å². The first-order valence-corrected chi connectivity index (χ1v) is 13.7. The van der Waals surface area contributed by atoms with Crippen LogP contribution in [0.4, 0.5) is 5.13 Å². The van der Waals surface area contributed by atoms with Crippen LogP contribution in [0.5, 0.6) is 0 Å². The first-order chi connectivity index (χ1) is 17.9. The lowest BCUT2D eigenvalue weighted by Crippen LogP contribution is -2.31. The van der Waals surface area contributed by atoms with E-state index < -0.39 is 23.5 Å². The summed E-state index contributed by atoms with van der Waals surface area (Å²) in [6.07, 6.45) is 0.842. The predicted octanol–water partition coefficient (Wildman–Crippen LogP) is 6.73. The minimum absolute atomic E-state index is 0.0518. The number of aryl methyl sites for hydroxylation is 2. The molecule has 0 aliphatic carbocycles. The summed E-state index contributed by atoms with van der Waals surface area (Å²) in [6, 6.07) is 17.5. The van der Waals surface area contributed by atoms with Gasteiger partial charge < -0.3 is 9.52 Å². The molecule has 2 aromatic heterocycles. The smallest absolute Gasteiger partial charge is 0.296 e. The van der Waals surface area contributed by atoms with Gasteiger partial charge in [-0.1, -0.05) is 84.1 Å². The zero-order valence-corrected chi connectivity index (χ0v) is 22.4. The first-order valence-electron chi connectivity index (χ1n) is 11.5. The molecule has 1 N–H and O–H groups in total. The normalized spacial score (nSPS) is 15.6. The monoisotopic (exact) mass is 551 g/mol. The second-order valence-electron chi connectivity index (χ2n) is 8.41. The molecule has 1 unspecified atom stereocenters. The number of rotatable bonds is 8. The number of hydrogen-bond donors (Lipinski definition) is 1. The number of hydrogen-bond acceptors (Lipinski definition) is 8. The Kier molecular flexibility index (Phi) is 7.19. The van der Waals surface area contributed by atoms with Crippen LogP contribution in [0.3, 0.4) is 0 Å². The van der Waals surface area contributed by atoms with Crippen molar-refractivity contribution in [3.8, 4) is 0 Å². The quantitative estimate of drug-likeness (QED) is 0.147. The van der Waals surface area contributed by atoms with Crippen LogP contribution < -0.4 is 4.90 Å². The third kappa shape index (κ3) is 4.94. The number of furan rings is 1. The number of ketones is 1. The van der Waals surface area contributed by atoms with Crippen LogP contribution in [-0.4, -0.2) is 27.0 Å². The van der Waals surface area contributed by atoms with Gasteiger partial charge in [0.15, 0.2) is 15.9 Å². The number of thioether (sulfide) groups is 1. The van der Waals surface area contributed by atoms with E-state index in [0.717, 1.165) is 17.5 Å². The molecule has 5 rings (SSSR count). The fourth-order valence-electron chi connectivity index (χ4n) is 4.09. The summed E-state index contributed by atoms with van der Waals surface area (Å²) in [6.45, 7) is 3.77. The molecule has 3 heterocycles. The zero-order valence-electron chi connectivity index (χ0n) is 20.0. The number of aromatic nitrogens is 2. The van der Waals surface area contributed by atoms with E-state index >= 15 is 0 Å². The van der Waals surface area contributed by atoms with Crippen molar-refractivity contribution in [1.82, 2.24) is 10.2 Å². The lowest BCUT2D eigenvalue weighted by atomic mass is 9.94. The summed E-state index contributed by atoms with van der Waals surface area (Å²) in [5.74, 6) is -0.701. The summed E-state index contributed by atoms with van der Waals surface area (Å²) < 4.78 is 6.16. The van der Waals surface area contributed by atoms with Gasteiger partial charge in [-0.05, 0) is 48.2 Å². The Morgan fingerprint density at radius 3 is 2.57 bits per heavy atom. The molecule has 1 aliphatic rings. The van der Waals surface area contributed by atoms with Gasteiger partial charge in [-0.25, -0.2) is 0 Å². The van der Waals surface area contributed by atoms with E-state index in [0.29, 0.717) is 26.4 Å². The van der Waals surface area contributed by atoms with Crippen LogP contribution in [-0.2, 0) is 17.0 Å². The third-order valence-corrected chi connectivity index (χ3v) is 8.50. The average molecular weight is 552 g/mol. The summed E-state index contributed by atoms with van der Waals surface area (Å²) in [5.41, 5.74) is 2.68. The number of carbonyl (C=O) groups is 2. The van der Waals surface area contributed by atoms with Gasteiger partial charge in [0.1, 0.15) is 5.76 Å². The number of amides is 1. The molecular weight excluding hydrogens is 530 g/mol. The molecule has 1 amide bonds. The SMILES string of the molecule is CCc1ccc(C2C(C(=O)c3ccc(C)o3)=C(O)C(=O)N2c2nnc(SCc3ccccc3Cl)s2)cc1. The van der Waals surface area contributed by atoms with Gasteiger partial charge >= 0.3 is 0 Å². The lowest BCUT2D eigenvalue weighted by molar-refractivity contribution is -0.117. The van der Waals surface area contributed by atoms with Gasteiger partial charge in [0.05, 0.1) is 11.6 Å². The maximum absolute atomic E-state index is 13.5. The van der Waals surface area contributed by atoms with Crippen molar-refractivity contribution in [3.63, 3.8) is 0 Å². The van der Waals surface area contributed by atoms with E-state index in [1.807, 2.05) is 55.5 Å². The zero-order chi connectivity index (χ0) is 26.1. The highest BCUT2D eigenvalue weighted by molar-refractivity contribution is 8.00. The van der Waals surface area contributed by atoms with Gasteiger partial charge in [0.25, 0.3) is 5.91 Å². The third-order valence-electron chi connectivity index (χ3n) is 6.03. The number of aliphatic hydroxyl groups is 1. The molecule has 0 saturated carbocycles. The Labute approximate surface area is 226 Å². The summed E-state index contributed by atoms with van der Waals surface area (Å²) in [7, 11) is 0. The number of benzene rings is 2. The molecule has 0 radical (unpaired) electrons. The van der Waals surface area contributed by atoms with E-state index in [1.165, 1.54) is 34.1 Å². The van der Waals surface area contributed by atoms with Gasteiger partial charge in [-0.15, -0.1) is 10.2 Å². The van der Waals surface area contributed by atoms with Crippen LogP contribution in [0.15, 0.2) is 80.8 Å². The van der Waals surface area contributed by atoms with Crippen molar-refractivity contribution >= 4 is 51.5 Å². The fourth-order valence-corrected chi connectivity index (χ4v) is 6.24. The van der Waals surface area contributed by atoms with Crippen molar-refractivity contribution in [1.29, 1.82) is 0 Å². The minimum Gasteiger partial charge on any atom is -0.503 e. The van der Waals surface area contributed by atoms with Crippen LogP contribution in [0, 0.1) is 6.92 Å². The fraction of sp³-hybridized carbons (Fsp3) is 0.185. The molecule has 0 fully saturated rings. The second kappa shape index (κ2) is 10.5. The molecular formula is C27H22ClN3O4S2. The van der Waals surface area contributed by atoms with Gasteiger partial charge in [0.2, 0.25) is 10.9 Å². The molecule has 0 spiro atoms. The highest BCUT2D eigenvalue weighted by Crippen LogP contribution is 2.44. The molecule has 10 heteroatoms. The topological polar surface area (TPSA) is 96.5 Å². The lowest BCUT2D eigenvalue weighted by Gasteiger charge is -2.24. The Morgan fingerprint density at radius 2 is 1.89 bits per heavy atom. The van der Waals surface area contributed by atoms with E-state index in [4.69, 9.17) is 16.0 Å². The molecule has 0 saturated heterocycles. The number of Topliss-reactive ketones (excluding diaryl/α,β-unsaturated/α-hetero) is 1. The average Bonchev–Trinajstić information content (AvgIpc) is 3.62. The number of aliphatic hydroxyl groups excluding tert-OH is 1. The van der Waals surface area contributed by atoms with E-state index in [9.17, 15) is 14.7 Å². The largest absolute Gasteiger partial charge is 0.503 e. The predicted molar refractivity (Wildman–Crippen MR) is 144 cm³/mol. The standard InChI is InChI=1S/C27H22ClN3O4S2/c1-3-16-9-11-17(12-10-16)22-21(23(32)20-13-8-15(2)35-20)24(33)25(34)31(22)26-29-30-27(37-26)36-14-18-6-4-5-7-19(18)28/h4-13,22,33H,3,14H2,1-2H3. The molecule has 7 nitrogen and oxygen atoms in total. The molecule has 1 atom stereocenters. The van der Waals surface area contributed by atoms with E-state index in [-0.39, 0.29) is 16.5 Å². The molecule has 2 aromatic carbocycles. The number of carbonyl (C=O) groups excluding carboxylic acids is 2. The summed E-state index contributed by atoms with van der Waals surface area (Å²) >= 11 is 8.92. The summed E-state index contributed by atoms with van der Waals surface area (Å²) in [4.78, 5) is 28.1. The molecule has 37 heavy (non-hydrogen) atoms. The molecule has 0 bridgehead atoms. The molecule has 4 aromatic rings. The van der Waals surface area contributed by atoms with Gasteiger partial charge in [-0.2, -0.15) is 0 Å². The van der Waals surface area contributed by atoms with Crippen molar-refractivity contribution in [2.45, 2.75) is 36.4 Å². The van der Waals surface area contributed by atoms with Gasteiger partial charge in [-0.3, -0.25) is 14.5 Å². The molecule has 188 valence electrons. The number of halogens is 1. The second-order valence-corrected chi connectivity index (χ2v) is 11.0. The van der Waals surface area contributed by atoms with Crippen molar-refractivity contribution in [2.75, 3.05) is 4.90 Å². The minimum atomic E-state index is -0.884. The number of nitrogens with zero attached hydrogens (tertiary/aromatic N) is 3. The Bertz CT molecular complexity index is 1510. The van der Waals surface area contributed by atoms with Crippen molar-refractivity contribution in [2.24, 2.45) is 0 Å². The first kappa shape index (κ1) is 25.3. The molecule has 1 aliphatic heterocycles. The maximum atomic E-state index is 13.5. The van der Waals surface area contributed by atoms with Crippen LogP contribution in [0.1, 0.15) is 46.0 Å². The van der Waals surface area contributed by atoms with Crippen molar-refractivity contribution in [3.05, 3.63) is 105 Å². The summed E-state index contributed by atoms with van der Waals surface area (Å²) in [5, 5.41) is 20.3. The Balaban J connectivity index is 1.50. The van der Waals surface area contributed by atoms with E-state index in [2.05, 4.69) is 10.2 Å². The van der Waals surface area contributed by atoms with Gasteiger partial charge in [0, 0.05) is 10.8 Å². The van der Waals surface area contributed by atoms with Crippen molar-refractivity contribution < 1.29 is 19.1 Å². The van der Waals surface area contributed by atoms with Crippen LogP contribution in [0.25, 0.3) is 0 Å². The number of anilines is 1. The maximum Gasteiger partial charge on any atom is 0.296 e. The highest BCUT2D eigenvalue weighted by atomic mass is 35.5. The van der Waals surface area contributed by atoms with Crippen LogP contribution >= 0.6 is 34.7 Å². The Morgan fingerprint density at radius 1 is 1.14 bits per heavy atom.